The van der Waals surface area contributed by atoms with E-state index in [0.29, 0.717) is 0 Å². The third-order valence-electron chi connectivity index (χ3n) is 1.00. The SMILES string of the molecule is COS(=O)(=O)[O-].C[N+](C)(C)CCN. The fourth-order valence-corrected chi connectivity index (χ4v) is 0.387. The molecule has 0 amide bonds. The fourth-order valence-electron chi connectivity index (χ4n) is 0.387. The summed E-state index contributed by atoms with van der Waals surface area (Å²) in [5, 5.41) is 0. The standard InChI is InChI=1S/C5H15N2.CH4O4S/c1-7(2,3)5-4-6;1-5-6(2,3)4/h4-6H2,1-3H3;1H3,(H,2,3,4)/q+1;/p-1. The molecule has 0 radical (unpaired) electrons. The van der Waals surface area contributed by atoms with E-state index in [0.717, 1.165) is 24.7 Å². The van der Waals surface area contributed by atoms with Gasteiger partial charge in [0.1, 0.15) is 0 Å². The van der Waals surface area contributed by atoms with Gasteiger partial charge in [-0.3, -0.25) is 4.18 Å². The summed E-state index contributed by atoms with van der Waals surface area (Å²) in [6.07, 6.45) is 0. The van der Waals surface area contributed by atoms with E-state index in [9.17, 15) is 13.0 Å². The number of nitrogens with two attached hydrogens (primary N) is 1. The van der Waals surface area contributed by atoms with Crippen LogP contribution < -0.4 is 5.73 Å². The molecule has 0 bridgehead atoms. The zero-order valence-electron chi connectivity index (χ0n) is 8.48. The summed E-state index contributed by atoms with van der Waals surface area (Å²) in [4.78, 5) is 0. The van der Waals surface area contributed by atoms with Crippen LogP contribution in [0, 0.1) is 0 Å². The summed E-state index contributed by atoms with van der Waals surface area (Å²) in [6, 6.07) is 0. The second-order valence-corrected chi connectivity index (χ2v) is 4.53. The minimum Gasteiger partial charge on any atom is -0.726 e. The van der Waals surface area contributed by atoms with Gasteiger partial charge in [0, 0.05) is 6.54 Å². The maximum absolute atomic E-state index is 9.22. The van der Waals surface area contributed by atoms with Crippen LogP contribution >= 0.6 is 0 Å². The van der Waals surface area contributed by atoms with E-state index in [-0.39, 0.29) is 0 Å². The van der Waals surface area contributed by atoms with E-state index in [4.69, 9.17) is 5.73 Å². The van der Waals surface area contributed by atoms with Crippen LogP contribution in [0.2, 0.25) is 0 Å². The van der Waals surface area contributed by atoms with Gasteiger partial charge in [-0.1, -0.05) is 0 Å². The molecule has 0 fully saturated rings. The van der Waals surface area contributed by atoms with Crippen molar-refractivity contribution >= 4 is 10.4 Å². The first-order valence-corrected chi connectivity index (χ1v) is 4.97. The Hall–Kier alpha value is -0.210. The predicted octanol–water partition coefficient (Wildman–Crippen LogP) is -1.26. The molecule has 0 saturated carbocycles. The van der Waals surface area contributed by atoms with Crippen LogP contribution in [-0.2, 0) is 14.6 Å². The van der Waals surface area contributed by atoms with Crippen LogP contribution in [0.1, 0.15) is 0 Å². The van der Waals surface area contributed by atoms with Crippen molar-refractivity contribution in [3.8, 4) is 0 Å². The molecule has 0 aromatic carbocycles. The summed E-state index contributed by atoms with van der Waals surface area (Å²) in [5.74, 6) is 0. The van der Waals surface area contributed by atoms with Crippen LogP contribution in [0.25, 0.3) is 0 Å². The lowest BCUT2D eigenvalue weighted by Crippen LogP contribution is -2.38. The largest absolute Gasteiger partial charge is 0.726 e. The summed E-state index contributed by atoms with van der Waals surface area (Å²) >= 11 is 0. The molecule has 2 N–H and O–H groups in total. The zero-order valence-corrected chi connectivity index (χ0v) is 9.30. The quantitative estimate of drug-likeness (QED) is 0.360. The maximum Gasteiger partial charge on any atom is 0.217 e. The minimum atomic E-state index is -4.41. The van der Waals surface area contributed by atoms with Gasteiger partial charge >= 0.3 is 0 Å². The van der Waals surface area contributed by atoms with Crippen LogP contribution in [0.15, 0.2) is 0 Å². The monoisotopic (exact) mass is 214 g/mol. The molecular weight excluding hydrogens is 196 g/mol. The third kappa shape index (κ3) is 24.5. The van der Waals surface area contributed by atoms with Gasteiger partial charge < -0.3 is 14.8 Å². The average Bonchev–Trinajstić information content (AvgIpc) is 1.84. The van der Waals surface area contributed by atoms with Crippen molar-refractivity contribution in [2.45, 2.75) is 0 Å². The van der Waals surface area contributed by atoms with Crippen molar-refractivity contribution in [1.82, 2.24) is 0 Å². The Labute approximate surface area is 79.8 Å². The lowest BCUT2D eigenvalue weighted by molar-refractivity contribution is -0.868. The molecule has 0 aliphatic heterocycles. The molecular formula is C6H18N2O4S. The molecule has 0 unspecified atom stereocenters. The summed E-state index contributed by atoms with van der Waals surface area (Å²) < 4.78 is 32.0. The van der Waals surface area contributed by atoms with Crippen molar-refractivity contribution in [3.05, 3.63) is 0 Å². The van der Waals surface area contributed by atoms with Crippen molar-refractivity contribution in [1.29, 1.82) is 0 Å². The molecule has 0 aromatic rings. The Morgan fingerprint density at radius 3 is 1.69 bits per heavy atom. The number of quaternary nitrogens is 1. The van der Waals surface area contributed by atoms with Gasteiger partial charge in [0.15, 0.2) is 0 Å². The fraction of sp³-hybridized carbons (Fsp3) is 1.00. The maximum atomic E-state index is 9.22. The molecule has 0 aliphatic rings. The molecule has 13 heavy (non-hydrogen) atoms. The lowest BCUT2D eigenvalue weighted by atomic mass is 10.5. The summed E-state index contributed by atoms with van der Waals surface area (Å²) in [7, 11) is 2.79. The molecule has 7 heteroatoms. The number of hydrogen-bond acceptors (Lipinski definition) is 5. The van der Waals surface area contributed by atoms with Crippen LogP contribution in [-0.4, -0.2) is 58.8 Å². The molecule has 0 spiro atoms. The van der Waals surface area contributed by atoms with Crippen molar-refractivity contribution in [2.24, 2.45) is 5.73 Å². The van der Waals surface area contributed by atoms with Crippen LogP contribution in [0.3, 0.4) is 0 Å². The highest BCUT2D eigenvalue weighted by Gasteiger charge is 2.01. The molecule has 0 aliphatic carbocycles. The highest BCUT2D eigenvalue weighted by Crippen LogP contribution is 1.83. The molecule has 0 atom stereocenters. The molecule has 0 saturated heterocycles. The topological polar surface area (TPSA) is 92.5 Å². The van der Waals surface area contributed by atoms with Gasteiger partial charge in [-0.25, -0.2) is 8.42 Å². The van der Waals surface area contributed by atoms with E-state index in [2.05, 4.69) is 25.3 Å². The van der Waals surface area contributed by atoms with Crippen LogP contribution in [0.4, 0.5) is 0 Å². The van der Waals surface area contributed by atoms with Gasteiger partial charge in [-0.05, 0) is 0 Å². The van der Waals surface area contributed by atoms with Gasteiger partial charge in [-0.2, -0.15) is 0 Å². The van der Waals surface area contributed by atoms with E-state index >= 15 is 0 Å². The molecule has 0 aromatic heterocycles. The summed E-state index contributed by atoms with van der Waals surface area (Å²) in [5.41, 5.74) is 5.30. The smallest absolute Gasteiger partial charge is 0.217 e. The van der Waals surface area contributed by atoms with E-state index < -0.39 is 10.4 Å². The normalized spacial score (nSPS) is 11.8. The first-order chi connectivity index (χ1) is 5.62. The minimum absolute atomic E-state index is 0.781. The van der Waals surface area contributed by atoms with Gasteiger partial charge in [0.05, 0.1) is 34.8 Å². The molecule has 6 nitrogen and oxygen atoms in total. The van der Waals surface area contributed by atoms with Crippen molar-refractivity contribution in [2.75, 3.05) is 41.3 Å². The molecule has 0 rings (SSSR count). The Morgan fingerprint density at radius 2 is 1.69 bits per heavy atom. The molecule has 82 valence electrons. The van der Waals surface area contributed by atoms with Gasteiger partial charge in [0.2, 0.25) is 10.4 Å². The Bertz CT molecular complexity index is 207. The predicted molar refractivity (Wildman–Crippen MR) is 48.7 cm³/mol. The molecule has 0 heterocycles. The lowest BCUT2D eigenvalue weighted by Gasteiger charge is -2.22. The highest BCUT2D eigenvalue weighted by molar-refractivity contribution is 7.80. The van der Waals surface area contributed by atoms with E-state index in [1.807, 2.05) is 0 Å². The van der Waals surface area contributed by atoms with Crippen molar-refractivity contribution < 1.29 is 21.6 Å². The first kappa shape index (κ1) is 15.3. The van der Waals surface area contributed by atoms with Crippen molar-refractivity contribution in [3.63, 3.8) is 0 Å². The third-order valence-corrected chi connectivity index (χ3v) is 1.41. The average molecular weight is 214 g/mol. The van der Waals surface area contributed by atoms with E-state index in [1.54, 1.807) is 0 Å². The zero-order chi connectivity index (χ0) is 11.1. The van der Waals surface area contributed by atoms with E-state index in [1.165, 1.54) is 0 Å². The van der Waals surface area contributed by atoms with Gasteiger partial charge in [-0.15, -0.1) is 0 Å². The summed E-state index contributed by atoms with van der Waals surface area (Å²) in [6.45, 7) is 1.84. The number of rotatable bonds is 3. The number of likely N-dealkylation sites (N-methyl/N-ethyl adjacent to an activating group) is 1. The Balaban J connectivity index is 0. The van der Waals surface area contributed by atoms with Crippen LogP contribution in [0.5, 0.6) is 0 Å². The van der Waals surface area contributed by atoms with Gasteiger partial charge in [0.25, 0.3) is 0 Å². The number of nitrogens with zero attached hydrogens (tertiary/aromatic N) is 1. The Morgan fingerprint density at radius 1 is 1.38 bits per heavy atom. The number of hydrogen-bond donors (Lipinski definition) is 1. The highest BCUT2D eigenvalue weighted by atomic mass is 32.3. The Kier molecular flexibility index (Phi) is 7.37. The second kappa shape index (κ2) is 6.28. The first-order valence-electron chi connectivity index (χ1n) is 3.64. The second-order valence-electron chi connectivity index (χ2n) is 3.38.